The van der Waals surface area contributed by atoms with Crippen LogP contribution in [0.2, 0.25) is 0 Å². The molecule has 0 bridgehead atoms. The Hall–Kier alpha value is -3.00. The van der Waals surface area contributed by atoms with E-state index in [1.165, 1.54) is 37.4 Å². The SMILES string of the molecule is COc1cc(C(=O)N2CCNCC2c2cccc(F)c2)ccc1[N+](=O)[O-]. The second kappa shape index (κ2) is 7.49. The number of hydrogen-bond acceptors (Lipinski definition) is 5. The van der Waals surface area contributed by atoms with Crippen LogP contribution in [0, 0.1) is 15.9 Å². The van der Waals surface area contributed by atoms with Crippen molar-refractivity contribution in [3.8, 4) is 5.75 Å². The highest BCUT2D eigenvalue weighted by atomic mass is 19.1. The smallest absolute Gasteiger partial charge is 0.310 e. The molecule has 136 valence electrons. The molecule has 26 heavy (non-hydrogen) atoms. The van der Waals surface area contributed by atoms with Crippen molar-refractivity contribution in [2.45, 2.75) is 6.04 Å². The molecule has 0 aromatic heterocycles. The van der Waals surface area contributed by atoms with Crippen LogP contribution in [-0.2, 0) is 0 Å². The molecular formula is C18H18FN3O4. The van der Waals surface area contributed by atoms with E-state index in [0.717, 1.165) is 0 Å². The van der Waals surface area contributed by atoms with Gasteiger partial charge in [-0.25, -0.2) is 4.39 Å². The van der Waals surface area contributed by atoms with Crippen LogP contribution in [0.1, 0.15) is 22.0 Å². The van der Waals surface area contributed by atoms with E-state index in [0.29, 0.717) is 25.2 Å². The number of methoxy groups -OCH3 is 1. The normalized spacial score (nSPS) is 17.0. The Kier molecular flexibility index (Phi) is 5.13. The first-order valence-electron chi connectivity index (χ1n) is 8.11. The summed E-state index contributed by atoms with van der Waals surface area (Å²) < 4.78 is 18.6. The van der Waals surface area contributed by atoms with Gasteiger partial charge < -0.3 is 15.0 Å². The van der Waals surface area contributed by atoms with Crippen LogP contribution in [0.3, 0.4) is 0 Å². The van der Waals surface area contributed by atoms with E-state index < -0.39 is 4.92 Å². The van der Waals surface area contributed by atoms with Crippen molar-refractivity contribution < 1.29 is 18.8 Å². The summed E-state index contributed by atoms with van der Waals surface area (Å²) in [6.07, 6.45) is 0. The van der Waals surface area contributed by atoms with Crippen LogP contribution in [0.4, 0.5) is 10.1 Å². The number of hydrogen-bond donors (Lipinski definition) is 1. The summed E-state index contributed by atoms with van der Waals surface area (Å²) in [6.45, 7) is 1.56. The number of benzene rings is 2. The third-order valence-electron chi connectivity index (χ3n) is 4.36. The predicted octanol–water partition coefficient (Wildman–Crippen LogP) is 2.53. The minimum atomic E-state index is -0.562. The molecule has 1 aliphatic rings. The van der Waals surface area contributed by atoms with Gasteiger partial charge in [-0.15, -0.1) is 0 Å². The van der Waals surface area contributed by atoms with Gasteiger partial charge >= 0.3 is 5.69 Å². The summed E-state index contributed by atoms with van der Waals surface area (Å²) in [5, 5.41) is 14.2. The zero-order valence-electron chi connectivity index (χ0n) is 14.1. The number of carbonyl (C=O) groups excluding carboxylic acids is 1. The minimum Gasteiger partial charge on any atom is -0.490 e. The number of nitro benzene ring substituents is 1. The highest BCUT2D eigenvalue weighted by Crippen LogP contribution is 2.30. The quantitative estimate of drug-likeness (QED) is 0.670. The summed E-state index contributed by atoms with van der Waals surface area (Å²) in [5.41, 5.74) is 0.779. The summed E-state index contributed by atoms with van der Waals surface area (Å²) >= 11 is 0. The predicted molar refractivity (Wildman–Crippen MR) is 92.7 cm³/mol. The van der Waals surface area contributed by atoms with Crippen LogP contribution in [0.15, 0.2) is 42.5 Å². The van der Waals surface area contributed by atoms with Crippen molar-refractivity contribution >= 4 is 11.6 Å². The maximum atomic E-state index is 13.6. The summed E-state index contributed by atoms with van der Waals surface area (Å²) in [6, 6.07) is 9.85. The number of carbonyl (C=O) groups is 1. The van der Waals surface area contributed by atoms with Crippen LogP contribution in [0.25, 0.3) is 0 Å². The van der Waals surface area contributed by atoms with Gasteiger partial charge in [0.15, 0.2) is 5.75 Å². The fraction of sp³-hybridized carbons (Fsp3) is 0.278. The first kappa shape index (κ1) is 17.8. The molecule has 1 saturated heterocycles. The molecule has 0 spiro atoms. The summed E-state index contributed by atoms with van der Waals surface area (Å²) in [7, 11) is 1.32. The van der Waals surface area contributed by atoms with E-state index in [9.17, 15) is 19.3 Å². The van der Waals surface area contributed by atoms with Gasteiger partial charge in [0.2, 0.25) is 0 Å². The van der Waals surface area contributed by atoms with E-state index in [1.807, 2.05) is 0 Å². The van der Waals surface area contributed by atoms with E-state index in [1.54, 1.807) is 17.0 Å². The van der Waals surface area contributed by atoms with Crippen LogP contribution in [-0.4, -0.2) is 42.5 Å². The standard InChI is InChI=1S/C18H18FN3O4/c1-26-17-10-13(5-6-15(17)22(24)25)18(23)21-8-7-20-11-16(21)12-3-2-4-14(19)9-12/h2-6,9-10,16,20H,7-8,11H2,1H3. The number of halogens is 1. The number of piperazine rings is 1. The van der Waals surface area contributed by atoms with Crippen molar-refractivity contribution in [3.05, 3.63) is 69.5 Å². The molecule has 0 radical (unpaired) electrons. The first-order valence-corrected chi connectivity index (χ1v) is 8.11. The lowest BCUT2D eigenvalue weighted by Crippen LogP contribution is -2.48. The van der Waals surface area contributed by atoms with Crippen LogP contribution < -0.4 is 10.1 Å². The Bertz CT molecular complexity index is 843. The third kappa shape index (κ3) is 3.50. The Morgan fingerprint density at radius 1 is 1.35 bits per heavy atom. The Morgan fingerprint density at radius 2 is 2.15 bits per heavy atom. The largest absolute Gasteiger partial charge is 0.490 e. The lowest BCUT2D eigenvalue weighted by atomic mass is 10.0. The Morgan fingerprint density at radius 3 is 2.85 bits per heavy atom. The molecule has 1 unspecified atom stereocenters. The highest BCUT2D eigenvalue weighted by molar-refractivity contribution is 5.95. The lowest BCUT2D eigenvalue weighted by Gasteiger charge is -2.36. The van der Waals surface area contributed by atoms with E-state index in [2.05, 4.69) is 5.32 Å². The number of amides is 1. The van der Waals surface area contributed by atoms with Gasteiger partial charge in [0.05, 0.1) is 18.1 Å². The number of ether oxygens (including phenoxy) is 1. The number of nitro groups is 1. The molecule has 0 aliphatic carbocycles. The zero-order valence-corrected chi connectivity index (χ0v) is 14.1. The van der Waals surface area contributed by atoms with Crippen molar-refractivity contribution in [1.82, 2.24) is 10.2 Å². The zero-order chi connectivity index (χ0) is 18.7. The monoisotopic (exact) mass is 359 g/mol. The third-order valence-corrected chi connectivity index (χ3v) is 4.36. The van der Waals surface area contributed by atoms with Gasteiger partial charge in [0.25, 0.3) is 5.91 Å². The maximum Gasteiger partial charge on any atom is 0.310 e. The molecule has 0 saturated carbocycles. The Balaban J connectivity index is 1.93. The molecule has 1 aliphatic heterocycles. The van der Waals surface area contributed by atoms with E-state index in [4.69, 9.17) is 4.74 Å². The molecule has 7 nitrogen and oxygen atoms in total. The second-order valence-corrected chi connectivity index (χ2v) is 5.92. The van der Waals surface area contributed by atoms with Gasteiger partial charge in [-0.05, 0) is 23.8 Å². The first-order chi connectivity index (χ1) is 12.5. The summed E-state index contributed by atoms with van der Waals surface area (Å²) in [4.78, 5) is 25.1. The topological polar surface area (TPSA) is 84.7 Å². The molecule has 1 N–H and O–H groups in total. The number of nitrogens with one attached hydrogen (secondary N) is 1. The minimum absolute atomic E-state index is 0.0262. The molecular weight excluding hydrogens is 341 g/mol. The van der Waals surface area contributed by atoms with Gasteiger partial charge in [0.1, 0.15) is 5.82 Å². The average molecular weight is 359 g/mol. The average Bonchev–Trinajstić information content (AvgIpc) is 2.66. The van der Waals surface area contributed by atoms with Crippen molar-refractivity contribution in [3.63, 3.8) is 0 Å². The van der Waals surface area contributed by atoms with E-state index in [-0.39, 0.29) is 34.8 Å². The molecule has 1 atom stereocenters. The van der Waals surface area contributed by atoms with Crippen molar-refractivity contribution in [2.24, 2.45) is 0 Å². The Labute approximate surface area is 149 Å². The van der Waals surface area contributed by atoms with Crippen molar-refractivity contribution in [2.75, 3.05) is 26.7 Å². The molecule has 2 aromatic rings. The fourth-order valence-corrected chi connectivity index (χ4v) is 3.09. The highest BCUT2D eigenvalue weighted by Gasteiger charge is 2.30. The maximum absolute atomic E-state index is 13.6. The molecule has 2 aromatic carbocycles. The summed E-state index contributed by atoms with van der Waals surface area (Å²) in [5.74, 6) is -0.621. The van der Waals surface area contributed by atoms with Crippen molar-refractivity contribution in [1.29, 1.82) is 0 Å². The number of rotatable bonds is 4. The number of nitrogens with zero attached hydrogens (tertiary/aromatic N) is 2. The molecule has 1 amide bonds. The molecule has 8 heteroatoms. The fourth-order valence-electron chi connectivity index (χ4n) is 3.09. The van der Waals surface area contributed by atoms with Gasteiger partial charge in [-0.3, -0.25) is 14.9 Å². The lowest BCUT2D eigenvalue weighted by molar-refractivity contribution is -0.385. The molecule has 1 heterocycles. The second-order valence-electron chi connectivity index (χ2n) is 5.92. The van der Waals surface area contributed by atoms with Gasteiger partial charge in [0, 0.05) is 37.3 Å². The van der Waals surface area contributed by atoms with E-state index >= 15 is 0 Å². The van der Waals surface area contributed by atoms with Crippen LogP contribution >= 0.6 is 0 Å². The van der Waals surface area contributed by atoms with Crippen LogP contribution in [0.5, 0.6) is 5.75 Å². The molecule has 1 fully saturated rings. The molecule has 3 rings (SSSR count). The van der Waals surface area contributed by atoms with Gasteiger partial charge in [-0.2, -0.15) is 0 Å². The van der Waals surface area contributed by atoms with Gasteiger partial charge in [-0.1, -0.05) is 12.1 Å².